The van der Waals surface area contributed by atoms with Crippen molar-refractivity contribution >= 4 is 54.5 Å². The Hall–Kier alpha value is -5.73. The van der Waals surface area contributed by atoms with Gasteiger partial charge in [-0.2, -0.15) is 5.26 Å². The van der Waals surface area contributed by atoms with Gasteiger partial charge in [0.1, 0.15) is 0 Å². The summed E-state index contributed by atoms with van der Waals surface area (Å²) in [4.78, 5) is 19.2. The molecule has 0 aliphatic carbocycles. The van der Waals surface area contributed by atoms with E-state index in [9.17, 15) is 5.26 Å². The van der Waals surface area contributed by atoms with Crippen molar-refractivity contribution in [2.75, 3.05) is 0 Å². The number of fused-ring (bicyclic) bond motifs is 7. The molecule has 0 amide bonds. The SMILES string of the molecule is N#Cc1ccc2cc3cc(-c4ccc(-c5ccc6ccc7cccnc7c6n5)cc4)c4cccnc4c3nc2c1. The molecule has 8 aromatic rings. The summed E-state index contributed by atoms with van der Waals surface area (Å²) >= 11 is 0. The molecular formula is C35H19N5. The number of hydrogen-bond acceptors (Lipinski definition) is 5. The Morgan fingerprint density at radius 3 is 2.08 bits per heavy atom. The molecule has 0 aliphatic rings. The fourth-order valence-electron chi connectivity index (χ4n) is 5.54. The van der Waals surface area contributed by atoms with Gasteiger partial charge >= 0.3 is 0 Å². The highest BCUT2D eigenvalue weighted by atomic mass is 14.8. The molecule has 0 saturated heterocycles. The second-order valence-corrected chi connectivity index (χ2v) is 9.89. The number of benzene rings is 4. The molecule has 0 spiro atoms. The van der Waals surface area contributed by atoms with E-state index in [1.54, 1.807) is 6.20 Å². The lowest BCUT2D eigenvalue weighted by Gasteiger charge is -2.12. The molecule has 0 aliphatic heterocycles. The molecule has 0 atom stereocenters. The Kier molecular flexibility index (Phi) is 4.82. The zero-order valence-electron chi connectivity index (χ0n) is 21.2. The van der Waals surface area contributed by atoms with Crippen molar-refractivity contribution in [1.29, 1.82) is 5.26 Å². The van der Waals surface area contributed by atoms with Crippen LogP contribution in [0.2, 0.25) is 0 Å². The summed E-state index contributed by atoms with van der Waals surface area (Å²) in [5.41, 5.74) is 9.04. The molecule has 0 N–H and O–H groups in total. The van der Waals surface area contributed by atoms with Crippen LogP contribution in [0.1, 0.15) is 5.56 Å². The van der Waals surface area contributed by atoms with E-state index in [4.69, 9.17) is 15.0 Å². The fraction of sp³-hybridized carbons (Fsp3) is 0. The quantitative estimate of drug-likeness (QED) is 0.173. The number of aromatic nitrogens is 4. The monoisotopic (exact) mass is 509 g/mol. The van der Waals surface area contributed by atoms with E-state index in [0.29, 0.717) is 5.56 Å². The van der Waals surface area contributed by atoms with E-state index in [0.717, 1.165) is 76.9 Å². The molecule has 0 fully saturated rings. The van der Waals surface area contributed by atoms with Crippen LogP contribution in [-0.2, 0) is 0 Å². The third-order valence-electron chi connectivity index (χ3n) is 7.52. The van der Waals surface area contributed by atoms with Gasteiger partial charge < -0.3 is 0 Å². The Balaban J connectivity index is 1.27. The lowest BCUT2D eigenvalue weighted by atomic mass is 9.96. The van der Waals surface area contributed by atoms with Gasteiger partial charge in [0.05, 0.1) is 44.9 Å². The number of rotatable bonds is 2. The summed E-state index contributed by atoms with van der Waals surface area (Å²) in [6.07, 6.45) is 3.62. The van der Waals surface area contributed by atoms with E-state index >= 15 is 0 Å². The van der Waals surface area contributed by atoms with Gasteiger partial charge in [0, 0.05) is 44.9 Å². The molecule has 184 valence electrons. The molecular weight excluding hydrogens is 490 g/mol. The average molecular weight is 510 g/mol. The maximum absolute atomic E-state index is 9.33. The van der Waals surface area contributed by atoms with Crippen LogP contribution in [0.4, 0.5) is 0 Å². The minimum atomic E-state index is 0.596. The summed E-state index contributed by atoms with van der Waals surface area (Å²) in [6, 6.07) is 37.1. The number of nitriles is 1. The van der Waals surface area contributed by atoms with Crippen LogP contribution in [-0.4, -0.2) is 19.9 Å². The van der Waals surface area contributed by atoms with Crippen LogP contribution < -0.4 is 0 Å². The van der Waals surface area contributed by atoms with Gasteiger partial charge in [-0.15, -0.1) is 0 Å². The zero-order valence-corrected chi connectivity index (χ0v) is 21.2. The zero-order chi connectivity index (χ0) is 26.6. The Morgan fingerprint density at radius 1 is 0.525 bits per heavy atom. The van der Waals surface area contributed by atoms with Crippen LogP contribution in [0, 0.1) is 11.3 Å². The highest BCUT2D eigenvalue weighted by molar-refractivity contribution is 6.12. The number of nitrogens with zero attached hydrogens (tertiary/aromatic N) is 5. The van der Waals surface area contributed by atoms with Crippen LogP contribution >= 0.6 is 0 Å². The van der Waals surface area contributed by atoms with Crippen molar-refractivity contribution in [2.45, 2.75) is 0 Å². The molecule has 5 nitrogen and oxygen atoms in total. The van der Waals surface area contributed by atoms with E-state index in [1.807, 2.05) is 36.5 Å². The first-order valence-corrected chi connectivity index (χ1v) is 13.0. The molecule has 0 unspecified atom stereocenters. The van der Waals surface area contributed by atoms with Crippen molar-refractivity contribution in [3.8, 4) is 28.5 Å². The van der Waals surface area contributed by atoms with Crippen molar-refractivity contribution in [1.82, 2.24) is 19.9 Å². The Labute approximate surface area is 229 Å². The normalized spacial score (nSPS) is 11.5. The van der Waals surface area contributed by atoms with E-state index < -0.39 is 0 Å². The van der Waals surface area contributed by atoms with Gasteiger partial charge in [-0.05, 0) is 53.6 Å². The Morgan fingerprint density at radius 2 is 1.23 bits per heavy atom. The lowest BCUT2D eigenvalue weighted by molar-refractivity contribution is 1.37. The topological polar surface area (TPSA) is 75.3 Å². The summed E-state index contributed by atoms with van der Waals surface area (Å²) in [7, 11) is 0. The smallest absolute Gasteiger partial charge is 0.0992 e. The predicted molar refractivity (Wildman–Crippen MR) is 161 cm³/mol. The molecule has 8 rings (SSSR count). The summed E-state index contributed by atoms with van der Waals surface area (Å²) < 4.78 is 0. The average Bonchev–Trinajstić information content (AvgIpc) is 3.03. The summed E-state index contributed by atoms with van der Waals surface area (Å²) in [6.45, 7) is 0. The maximum atomic E-state index is 9.33. The predicted octanol–water partition coefficient (Wildman–Crippen LogP) is 8.24. The highest BCUT2D eigenvalue weighted by Gasteiger charge is 2.13. The van der Waals surface area contributed by atoms with Crippen LogP contribution in [0.5, 0.6) is 0 Å². The molecule has 0 bridgehead atoms. The molecule has 4 aromatic heterocycles. The van der Waals surface area contributed by atoms with Crippen molar-refractivity contribution < 1.29 is 0 Å². The van der Waals surface area contributed by atoms with Crippen LogP contribution in [0.15, 0.2) is 116 Å². The van der Waals surface area contributed by atoms with Gasteiger partial charge in [-0.1, -0.05) is 60.7 Å². The van der Waals surface area contributed by atoms with E-state index in [-0.39, 0.29) is 0 Å². The van der Waals surface area contributed by atoms with Gasteiger partial charge in [0.2, 0.25) is 0 Å². The van der Waals surface area contributed by atoms with Crippen molar-refractivity contribution in [3.05, 3.63) is 121 Å². The van der Waals surface area contributed by atoms with Gasteiger partial charge in [-0.25, -0.2) is 9.97 Å². The largest absolute Gasteiger partial charge is 0.254 e. The second kappa shape index (κ2) is 8.65. The number of pyridine rings is 4. The molecule has 4 heterocycles. The van der Waals surface area contributed by atoms with Gasteiger partial charge in [0.25, 0.3) is 0 Å². The van der Waals surface area contributed by atoms with Gasteiger partial charge in [0.15, 0.2) is 0 Å². The lowest BCUT2D eigenvalue weighted by Crippen LogP contribution is -1.91. The second-order valence-electron chi connectivity index (χ2n) is 9.89. The first-order valence-electron chi connectivity index (χ1n) is 13.0. The number of hydrogen-bond donors (Lipinski definition) is 0. The summed E-state index contributed by atoms with van der Waals surface area (Å²) in [5.74, 6) is 0. The molecule has 4 aromatic carbocycles. The van der Waals surface area contributed by atoms with E-state index in [1.165, 1.54) is 0 Å². The van der Waals surface area contributed by atoms with E-state index in [2.05, 4.69) is 83.8 Å². The third kappa shape index (κ3) is 3.48. The first-order chi connectivity index (χ1) is 19.7. The molecule has 5 heteroatoms. The molecule has 40 heavy (non-hydrogen) atoms. The van der Waals surface area contributed by atoms with Crippen LogP contribution in [0.25, 0.3) is 76.9 Å². The van der Waals surface area contributed by atoms with Crippen molar-refractivity contribution in [2.24, 2.45) is 0 Å². The molecule has 0 radical (unpaired) electrons. The summed E-state index contributed by atoms with van der Waals surface area (Å²) in [5, 5.41) is 14.5. The minimum absolute atomic E-state index is 0.596. The first kappa shape index (κ1) is 22.3. The third-order valence-corrected chi connectivity index (χ3v) is 7.52. The van der Waals surface area contributed by atoms with Crippen LogP contribution in [0.3, 0.4) is 0 Å². The van der Waals surface area contributed by atoms with Crippen molar-refractivity contribution in [3.63, 3.8) is 0 Å². The standard InChI is InChI=1S/C35H19N5/c36-20-21-5-6-26-18-27-19-29(28-4-2-16-38-35(28)34(27)40-31(26)17-21)22-7-9-23(10-8-22)30-14-13-25-12-11-24-3-1-15-37-32(24)33(25)39-30/h1-19H. The molecule has 0 saturated carbocycles. The maximum Gasteiger partial charge on any atom is 0.0992 e. The van der Waals surface area contributed by atoms with Gasteiger partial charge in [-0.3, -0.25) is 9.97 Å². The Bertz CT molecular complexity index is 2330. The minimum Gasteiger partial charge on any atom is -0.254 e. The highest BCUT2D eigenvalue weighted by Crippen LogP contribution is 2.35. The fourth-order valence-corrected chi connectivity index (χ4v) is 5.54.